The Labute approximate surface area is 89.9 Å². The average Bonchev–Trinajstić information content (AvgIpc) is 2.63. The van der Waals surface area contributed by atoms with Gasteiger partial charge in [0.2, 0.25) is 0 Å². The van der Waals surface area contributed by atoms with Crippen LogP contribution in [0.15, 0.2) is 29.0 Å². The summed E-state index contributed by atoms with van der Waals surface area (Å²) >= 11 is 1.77. The molecule has 0 atom stereocenters. The average molecular weight is 204 g/mol. The fourth-order valence-electron chi connectivity index (χ4n) is 1.86. The largest absolute Gasteiger partial charge is 0.152 e. The van der Waals surface area contributed by atoms with Crippen molar-refractivity contribution in [2.24, 2.45) is 0 Å². The summed E-state index contributed by atoms with van der Waals surface area (Å²) in [4.78, 5) is 0. The predicted molar refractivity (Wildman–Crippen MR) is 64.2 cm³/mol. The number of aryl methyl sites for hydroxylation is 1. The lowest BCUT2D eigenvalue weighted by molar-refractivity contribution is 0.719. The Morgan fingerprint density at radius 3 is 2.93 bits per heavy atom. The Kier molecular flexibility index (Phi) is 3.20. The second-order valence-corrected chi connectivity index (χ2v) is 4.52. The SMILES string of the molecule is CCCCCc1ccc2csccc1-2. The molecule has 1 heterocycles. The predicted octanol–water partition coefficient (Wildman–Crippen LogP) is 4.59. The maximum Gasteiger partial charge on any atom is -0.00149 e. The second-order valence-electron chi connectivity index (χ2n) is 3.74. The smallest absolute Gasteiger partial charge is 0.00149 e. The first-order valence-corrected chi connectivity index (χ1v) is 6.30. The van der Waals surface area contributed by atoms with E-state index in [9.17, 15) is 0 Å². The van der Waals surface area contributed by atoms with Gasteiger partial charge in [-0.15, -0.1) is 0 Å². The lowest BCUT2D eigenvalue weighted by atomic mass is 10.0. The highest BCUT2D eigenvalue weighted by molar-refractivity contribution is 7.07. The molecule has 0 bridgehead atoms. The van der Waals surface area contributed by atoms with E-state index in [0.29, 0.717) is 0 Å². The van der Waals surface area contributed by atoms with Crippen molar-refractivity contribution in [1.82, 2.24) is 0 Å². The van der Waals surface area contributed by atoms with Crippen LogP contribution in [0.1, 0.15) is 31.7 Å². The number of hydrogen-bond acceptors (Lipinski definition) is 1. The van der Waals surface area contributed by atoms with Gasteiger partial charge in [0.1, 0.15) is 0 Å². The topological polar surface area (TPSA) is 0 Å². The summed E-state index contributed by atoms with van der Waals surface area (Å²) in [5, 5.41) is 4.41. The van der Waals surface area contributed by atoms with Crippen LogP contribution >= 0.6 is 11.3 Å². The molecule has 14 heavy (non-hydrogen) atoms. The van der Waals surface area contributed by atoms with Crippen molar-refractivity contribution in [3.63, 3.8) is 0 Å². The Morgan fingerprint density at radius 1 is 1.14 bits per heavy atom. The van der Waals surface area contributed by atoms with E-state index < -0.39 is 0 Å². The molecular formula is C13H16S. The fraction of sp³-hybridized carbons (Fsp3) is 0.385. The number of unbranched alkanes of at least 4 members (excludes halogenated alkanes) is 2. The molecule has 0 nitrogen and oxygen atoms in total. The number of hydrogen-bond donors (Lipinski definition) is 0. The van der Waals surface area contributed by atoms with E-state index in [-0.39, 0.29) is 0 Å². The molecule has 0 radical (unpaired) electrons. The van der Waals surface area contributed by atoms with Gasteiger partial charge in [0, 0.05) is 0 Å². The molecule has 0 fully saturated rings. The third-order valence-corrected chi connectivity index (χ3v) is 3.36. The van der Waals surface area contributed by atoms with Gasteiger partial charge in [-0.2, -0.15) is 11.3 Å². The van der Waals surface area contributed by atoms with Gasteiger partial charge < -0.3 is 0 Å². The maximum atomic E-state index is 2.28. The summed E-state index contributed by atoms with van der Waals surface area (Å²) in [5.74, 6) is 0. The third kappa shape index (κ3) is 1.98. The van der Waals surface area contributed by atoms with Crippen molar-refractivity contribution in [1.29, 1.82) is 0 Å². The van der Waals surface area contributed by atoms with E-state index in [2.05, 4.69) is 35.9 Å². The summed E-state index contributed by atoms with van der Waals surface area (Å²) in [7, 11) is 0. The molecule has 0 amide bonds. The molecule has 0 aromatic carbocycles. The molecule has 0 saturated carbocycles. The van der Waals surface area contributed by atoms with Crippen LogP contribution in [-0.4, -0.2) is 0 Å². The highest BCUT2D eigenvalue weighted by atomic mass is 32.1. The molecule has 0 saturated heterocycles. The fourth-order valence-corrected chi connectivity index (χ4v) is 2.51. The summed E-state index contributed by atoms with van der Waals surface area (Å²) in [6.07, 6.45) is 5.23. The zero-order valence-electron chi connectivity index (χ0n) is 8.62. The van der Waals surface area contributed by atoms with Gasteiger partial charge in [0.15, 0.2) is 0 Å². The first-order valence-electron chi connectivity index (χ1n) is 5.35. The minimum absolute atomic E-state index is 1.24. The number of rotatable bonds is 4. The first-order chi connectivity index (χ1) is 6.92. The van der Waals surface area contributed by atoms with Gasteiger partial charge in [-0.25, -0.2) is 0 Å². The van der Waals surface area contributed by atoms with Gasteiger partial charge in [-0.1, -0.05) is 31.9 Å². The summed E-state index contributed by atoms with van der Waals surface area (Å²) in [6.45, 7) is 2.25. The Bertz CT molecular complexity index is 362. The maximum absolute atomic E-state index is 2.28. The third-order valence-electron chi connectivity index (χ3n) is 2.68. The summed E-state index contributed by atoms with van der Waals surface area (Å²) in [6, 6.07) is 6.78. The molecule has 0 N–H and O–H groups in total. The normalized spacial score (nSPS) is 10.9. The van der Waals surface area contributed by atoms with Crippen LogP contribution in [0.4, 0.5) is 0 Å². The molecule has 2 rings (SSSR count). The van der Waals surface area contributed by atoms with Crippen molar-refractivity contribution < 1.29 is 0 Å². The van der Waals surface area contributed by atoms with Crippen LogP contribution in [0.25, 0.3) is 11.1 Å². The molecule has 0 spiro atoms. The molecule has 2 aliphatic rings. The quantitative estimate of drug-likeness (QED) is 0.639. The van der Waals surface area contributed by atoms with E-state index in [1.165, 1.54) is 42.4 Å². The zero-order chi connectivity index (χ0) is 9.80. The van der Waals surface area contributed by atoms with Gasteiger partial charge in [-0.3, -0.25) is 0 Å². The summed E-state index contributed by atoms with van der Waals surface area (Å²) < 4.78 is 0. The van der Waals surface area contributed by atoms with Gasteiger partial charge in [0.05, 0.1) is 0 Å². The van der Waals surface area contributed by atoms with Crippen LogP contribution in [0.3, 0.4) is 0 Å². The monoisotopic (exact) mass is 204 g/mol. The second kappa shape index (κ2) is 4.61. The van der Waals surface area contributed by atoms with Crippen molar-refractivity contribution in [3.8, 4) is 11.1 Å². The Hall–Kier alpha value is -0.820. The van der Waals surface area contributed by atoms with Crippen molar-refractivity contribution in [2.75, 3.05) is 0 Å². The lowest BCUT2D eigenvalue weighted by Crippen LogP contribution is -1.84. The molecule has 74 valence electrons. The molecule has 1 aliphatic carbocycles. The van der Waals surface area contributed by atoms with Gasteiger partial charge >= 0.3 is 0 Å². The molecule has 1 aliphatic heterocycles. The van der Waals surface area contributed by atoms with Crippen LogP contribution in [0, 0.1) is 0 Å². The molecule has 0 aromatic heterocycles. The minimum Gasteiger partial charge on any atom is -0.152 e. The highest BCUT2D eigenvalue weighted by Crippen LogP contribution is 2.30. The van der Waals surface area contributed by atoms with E-state index >= 15 is 0 Å². The standard InChI is InChI=1S/C13H16S/c1-2-3-4-5-11-6-7-12-10-14-9-8-13(11)12/h6-10H,2-5H2,1H3. The summed E-state index contributed by atoms with van der Waals surface area (Å²) in [5.41, 5.74) is 4.39. The van der Waals surface area contributed by atoms with Crippen LogP contribution in [0.5, 0.6) is 0 Å². The van der Waals surface area contributed by atoms with Crippen molar-refractivity contribution >= 4 is 11.3 Å². The minimum atomic E-state index is 1.24. The zero-order valence-corrected chi connectivity index (χ0v) is 9.44. The molecule has 0 unspecified atom stereocenters. The first kappa shape index (κ1) is 9.72. The van der Waals surface area contributed by atoms with Crippen LogP contribution in [-0.2, 0) is 6.42 Å². The Morgan fingerprint density at radius 2 is 2.07 bits per heavy atom. The Balaban J connectivity index is 2.11. The molecule has 0 aromatic rings. The molecule has 1 heteroatoms. The molecular weight excluding hydrogens is 188 g/mol. The van der Waals surface area contributed by atoms with Crippen LogP contribution in [0.2, 0.25) is 0 Å². The van der Waals surface area contributed by atoms with Crippen molar-refractivity contribution in [2.45, 2.75) is 32.6 Å². The van der Waals surface area contributed by atoms with E-state index in [1.807, 2.05) is 0 Å². The van der Waals surface area contributed by atoms with Gasteiger partial charge in [-0.05, 0) is 46.4 Å². The van der Waals surface area contributed by atoms with E-state index in [0.717, 1.165) is 0 Å². The van der Waals surface area contributed by atoms with Gasteiger partial charge in [0.25, 0.3) is 0 Å². The van der Waals surface area contributed by atoms with E-state index in [1.54, 1.807) is 11.3 Å². The van der Waals surface area contributed by atoms with Crippen LogP contribution < -0.4 is 0 Å². The number of fused-ring (bicyclic) bond motifs is 1. The lowest BCUT2D eigenvalue weighted by Gasteiger charge is -2.02. The highest BCUT2D eigenvalue weighted by Gasteiger charge is 2.07. The van der Waals surface area contributed by atoms with E-state index in [4.69, 9.17) is 0 Å². The van der Waals surface area contributed by atoms with Crippen molar-refractivity contribution in [3.05, 3.63) is 34.5 Å².